The molecule has 2 aromatic rings. The fourth-order valence-electron chi connectivity index (χ4n) is 1.60. The Morgan fingerprint density at radius 3 is 3.16 bits per heavy atom. The number of amides is 1. The molecule has 7 heteroatoms. The summed E-state index contributed by atoms with van der Waals surface area (Å²) >= 11 is 1.50. The van der Waals surface area contributed by atoms with Gasteiger partial charge in [-0.2, -0.15) is 11.3 Å². The van der Waals surface area contributed by atoms with Gasteiger partial charge >= 0.3 is 0 Å². The Bertz CT molecular complexity index is 524. The van der Waals surface area contributed by atoms with E-state index in [-0.39, 0.29) is 18.3 Å². The highest BCUT2D eigenvalue weighted by Crippen LogP contribution is 2.15. The van der Waals surface area contributed by atoms with Crippen molar-refractivity contribution in [2.45, 2.75) is 25.9 Å². The van der Waals surface area contributed by atoms with Crippen LogP contribution < -0.4 is 5.32 Å². The number of carbonyl (C=O) groups excluding carboxylic acids is 1. The molecule has 0 saturated carbocycles. The largest absolute Gasteiger partial charge is 0.387 e. The number of nitrogens with one attached hydrogen (secondary N) is 2. The van der Waals surface area contributed by atoms with E-state index in [2.05, 4.69) is 20.5 Å². The highest BCUT2D eigenvalue weighted by Gasteiger charge is 2.14. The molecule has 1 amide bonds. The van der Waals surface area contributed by atoms with Crippen molar-refractivity contribution in [2.75, 3.05) is 6.54 Å². The summed E-state index contributed by atoms with van der Waals surface area (Å²) in [5.41, 5.74) is 0.798. The van der Waals surface area contributed by atoms with Crippen LogP contribution in [0.15, 0.2) is 16.8 Å². The minimum absolute atomic E-state index is 0.112. The first-order valence-electron chi connectivity index (χ1n) is 6.10. The van der Waals surface area contributed by atoms with E-state index in [9.17, 15) is 9.90 Å². The molecule has 1 atom stereocenters. The standard InChI is InChI=1S/C12H16N4O2S/c1-2-3-10-14-11(16-15-10)12(18)13-6-9(17)8-4-5-19-7-8/h4-5,7,9,17H,2-3,6H2,1H3,(H,13,18)(H,14,15,16). The molecule has 19 heavy (non-hydrogen) atoms. The number of nitrogens with zero attached hydrogens (tertiary/aromatic N) is 2. The number of aliphatic hydroxyl groups is 1. The average molecular weight is 280 g/mol. The van der Waals surface area contributed by atoms with Crippen LogP contribution in [-0.4, -0.2) is 32.7 Å². The fourth-order valence-corrected chi connectivity index (χ4v) is 2.30. The van der Waals surface area contributed by atoms with E-state index in [0.29, 0.717) is 5.82 Å². The summed E-state index contributed by atoms with van der Waals surface area (Å²) in [7, 11) is 0. The zero-order valence-corrected chi connectivity index (χ0v) is 11.4. The molecule has 2 rings (SSSR count). The smallest absolute Gasteiger partial charge is 0.291 e. The van der Waals surface area contributed by atoms with Crippen LogP contribution >= 0.6 is 11.3 Å². The molecular formula is C12H16N4O2S. The summed E-state index contributed by atoms with van der Waals surface area (Å²) in [6.45, 7) is 2.17. The number of carbonyl (C=O) groups is 1. The lowest BCUT2D eigenvalue weighted by atomic mass is 10.2. The Balaban J connectivity index is 1.86. The Morgan fingerprint density at radius 2 is 2.47 bits per heavy atom. The molecule has 0 fully saturated rings. The molecule has 0 saturated heterocycles. The quantitative estimate of drug-likeness (QED) is 0.743. The predicted octanol–water partition coefficient (Wildman–Crippen LogP) is 1.28. The van der Waals surface area contributed by atoms with Gasteiger partial charge in [0, 0.05) is 13.0 Å². The molecule has 0 radical (unpaired) electrons. The number of rotatable bonds is 6. The maximum Gasteiger partial charge on any atom is 0.291 e. The molecule has 2 heterocycles. The summed E-state index contributed by atoms with van der Waals surface area (Å²) in [4.78, 5) is 15.9. The second-order valence-electron chi connectivity index (χ2n) is 4.14. The third kappa shape index (κ3) is 3.62. The van der Waals surface area contributed by atoms with Gasteiger partial charge in [0.25, 0.3) is 5.91 Å². The van der Waals surface area contributed by atoms with Crippen molar-refractivity contribution >= 4 is 17.2 Å². The van der Waals surface area contributed by atoms with Crippen LogP contribution in [-0.2, 0) is 6.42 Å². The topological polar surface area (TPSA) is 90.9 Å². The van der Waals surface area contributed by atoms with Crippen molar-refractivity contribution in [3.8, 4) is 0 Å². The predicted molar refractivity (Wildman–Crippen MR) is 72.0 cm³/mol. The lowest BCUT2D eigenvalue weighted by molar-refractivity contribution is 0.0906. The average Bonchev–Trinajstić information content (AvgIpc) is 3.06. The Hall–Kier alpha value is -1.73. The maximum absolute atomic E-state index is 11.8. The lowest BCUT2D eigenvalue weighted by Gasteiger charge is -2.08. The molecule has 0 bridgehead atoms. The summed E-state index contributed by atoms with van der Waals surface area (Å²) in [6.07, 6.45) is 0.995. The zero-order valence-electron chi connectivity index (χ0n) is 10.6. The summed E-state index contributed by atoms with van der Waals surface area (Å²) in [5.74, 6) is 0.430. The van der Waals surface area contributed by atoms with E-state index in [1.165, 1.54) is 11.3 Å². The summed E-state index contributed by atoms with van der Waals surface area (Å²) in [5, 5.41) is 22.8. The molecule has 1 unspecified atom stereocenters. The van der Waals surface area contributed by atoms with Gasteiger partial charge in [0.2, 0.25) is 5.82 Å². The maximum atomic E-state index is 11.8. The Kier molecular flexibility index (Phi) is 4.64. The molecule has 102 valence electrons. The number of thiophene rings is 1. The highest BCUT2D eigenvalue weighted by atomic mass is 32.1. The normalized spacial score (nSPS) is 12.3. The third-order valence-electron chi connectivity index (χ3n) is 2.61. The minimum atomic E-state index is -0.704. The Morgan fingerprint density at radius 1 is 1.63 bits per heavy atom. The highest BCUT2D eigenvalue weighted by molar-refractivity contribution is 7.07. The number of aromatic amines is 1. The van der Waals surface area contributed by atoms with E-state index < -0.39 is 6.10 Å². The van der Waals surface area contributed by atoms with Crippen LogP contribution in [0.2, 0.25) is 0 Å². The van der Waals surface area contributed by atoms with Crippen molar-refractivity contribution in [1.29, 1.82) is 0 Å². The first kappa shape index (κ1) is 13.7. The first-order chi connectivity index (χ1) is 9.20. The minimum Gasteiger partial charge on any atom is -0.387 e. The molecule has 3 N–H and O–H groups in total. The Labute approximate surface area is 114 Å². The van der Waals surface area contributed by atoms with Crippen molar-refractivity contribution < 1.29 is 9.90 Å². The van der Waals surface area contributed by atoms with Crippen molar-refractivity contribution in [3.05, 3.63) is 34.0 Å². The molecular weight excluding hydrogens is 264 g/mol. The van der Waals surface area contributed by atoms with Gasteiger partial charge in [0.05, 0.1) is 6.10 Å². The van der Waals surface area contributed by atoms with E-state index in [0.717, 1.165) is 18.4 Å². The van der Waals surface area contributed by atoms with Crippen molar-refractivity contribution in [2.24, 2.45) is 0 Å². The molecule has 0 aliphatic carbocycles. The van der Waals surface area contributed by atoms with Gasteiger partial charge in [-0.25, -0.2) is 4.98 Å². The van der Waals surface area contributed by atoms with Crippen LogP contribution in [0.4, 0.5) is 0 Å². The second-order valence-corrected chi connectivity index (χ2v) is 4.92. The first-order valence-corrected chi connectivity index (χ1v) is 7.04. The van der Waals surface area contributed by atoms with Crippen LogP contribution in [0.3, 0.4) is 0 Å². The van der Waals surface area contributed by atoms with Crippen LogP contribution in [0.1, 0.15) is 41.5 Å². The number of aromatic nitrogens is 3. The number of aliphatic hydroxyl groups excluding tert-OH is 1. The third-order valence-corrected chi connectivity index (χ3v) is 3.31. The number of aryl methyl sites for hydroxylation is 1. The molecule has 0 aliphatic heterocycles. The molecule has 6 nitrogen and oxygen atoms in total. The second kappa shape index (κ2) is 6.44. The molecule has 2 aromatic heterocycles. The van der Waals surface area contributed by atoms with Crippen molar-refractivity contribution in [1.82, 2.24) is 20.5 Å². The van der Waals surface area contributed by atoms with E-state index >= 15 is 0 Å². The summed E-state index contributed by atoms with van der Waals surface area (Å²) in [6, 6.07) is 1.83. The molecule has 0 aliphatic rings. The lowest BCUT2D eigenvalue weighted by Crippen LogP contribution is -2.29. The van der Waals surface area contributed by atoms with Gasteiger partial charge in [-0.15, -0.1) is 5.10 Å². The monoisotopic (exact) mass is 280 g/mol. The van der Waals surface area contributed by atoms with Crippen LogP contribution in [0, 0.1) is 0 Å². The van der Waals surface area contributed by atoms with E-state index in [1.807, 2.05) is 23.8 Å². The van der Waals surface area contributed by atoms with Crippen molar-refractivity contribution in [3.63, 3.8) is 0 Å². The SMILES string of the molecule is CCCc1nc(C(=O)NCC(O)c2ccsc2)n[nH]1. The van der Waals surface area contributed by atoms with Gasteiger partial charge in [0.1, 0.15) is 5.82 Å². The zero-order chi connectivity index (χ0) is 13.7. The number of H-pyrrole nitrogens is 1. The van der Waals surface area contributed by atoms with Gasteiger partial charge in [0.15, 0.2) is 0 Å². The van der Waals surface area contributed by atoms with Gasteiger partial charge < -0.3 is 10.4 Å². The fraction of sp³-hybridized carbons (Fsp3) is 0.417. The van der Waals surface area contributed by atoms with Gasteiger partial charge in [-0.05, 0) is 28.8 Å². The van der Waals surface area contributed by atoms with Gasteiger partial charge in [-0.1, -0.05) is 6.92 Å². The van der Waals surface area contributed by atoms with Crippen LogP contribution in [0.25, 0.3) is 0 Å². The van der Waals surface area contributed by atoms with Gasteiger partial charge in [-0.3, -0.25) is 9.89 Å². The number of hydrogen-bond donors (Lipinski definition) is 3. The summed E-state index contributed by atoms with van der Waals surface area (Å²) < 4.78 is 0. The van der Waals surface area contributed by atoms with E-state index in [1.54, 1.807) is 0 Å². The molecule has 0 aromatic carbocycles. The molecule has 0 spiro atoms. The van der Waals surface area contributed by atoms with Crippen LogP contribution in [0.5, 0.6) is 0 Å². The van der Waals surface area contributed by atoms with E-state index in [4.69, 9.17) is 0 Å². The number of hydrogen-bond acceptors (Lipinski definition) is 5.